The molecule has 0 unspecified atom stereocenters. The smallest absolute Gasteiger partial charge is 0.134 e. The monoisotopic (exact) mass is 219 g/mol. The molecule has 1 aromatic rings. The lowest BCUT2D eigenvalue weighted by Crippen LogP contribution is -2.09. The van der Waals surface area contributed by atoms with Crippen LogP contribution in [0, 0.1) is 13.8 Å². The molecule has 1 aromatic heterocycles. The van der Waals surface area contributed by atoms with Gasteiger partial charge in [-0.3, -0.25) is 0 Å². The summed E-state index contributed by atoms with van der Waals surface area (Å²) in [7, 11) is 0. The molecule has 88 valence electrons. The molecule has 1 heterocycles. The largest absolute Gasteiger partial charge is 0.370 e. The highest BCUT2D eigenvalue weighted by Crippen LogP contribution is 2.33. The molecular formula is C13H21N3. The molecule has 0 atom stereocenters. The molecule has 1 aliphatic carbocycles. The lowest BCUT2D eigenvalue weighted by Gasteiger charge is -2.14. The molecule has 0 saturated heterocycles. The van der Waals surface area contributed by atoms with Gasteiger partial charge in [0.1, 0.15) is 11.6 Å². The fourth-order valence-corrected chi connectivity index (χ4v) is 2.36. The van der Waals surface area contributed by atoms with E-state index in [9.17, 15) is 0 Å². The van der Waals surface area contributed by atoms with Crippen LogP contribution in [-0.2, 0) is 0 Å². The second-order valence-corrected chi connectivity index (χ2v) is 4.65. The van der Waals surface area contributed by atoms with Crippen LogP contribution in [0.3, 0.4) is 0 Å². The maximum Gasteiger partial charge on any atom is 0.134 e. The van der Waals surface area contributed by atoms with Crippen molar-refractivity contribution in [2.45, 2.75) is 52.4 Å². The first kappa shape index (κ1) is 11.4. The van der Waals surface area contributed by atoms with Crippen LogP contribution in [0.5, 0.6) is 0 Å². The Bertz CT molecular complexity index is 368. The summed E-state index contributed by atoms with van der Waals surface area (Å²) >= 11 is 0. The maximum atomic E-state index is 4.68. The molecule has 1 N–H and O–H groups in total. The van der Waals surface area contributed by atoms with E-state index in [1.165, 1.54) is 31.2 Å². The summed E-state index contributed by atoms with van der Waals surface area (Å²) in [6.07, 6.45) is 5.18. The van der Waals surface area contributed by atoms with Gasteiger partial charge in [-0.2, -0.15) is 0 Å². The third-order valence-corrected chi connectivity index (χ3v) is 3.47. The van der Waals surface area contributed by atoms with Gasteiger partial charge in [-0.05, 0) is 33.6 Å². The number of hydrogen-bond donors (Lipinski definition) is 1. The summed E-state index contributed by atoms with van der Waals surface area (Å²) < 4.78 is 0. The number of nitrogens with zero attached hydrogens (tertiary/aromatic N) is 2. The van der Waals surface area contributed by atoms with Crippen molar-refractivity contribution in [1.29, 1.82) is 0 Å². The molecule has 2 rings (SSSR count). The number of aryl methyl sites for hydroxylation is 1. The van der Waals surface area contributed by atoms with Crippen molar-refractivity contribution in [2.24, 2.45) is 0 Å². The van der Waals surface area contributed by atoms with E-state index >= 15 is 0 Å². The number of rotatable bonds is 3. The average Bonchev–Trinajstić information content (AvgIpc) is 2.78. The fourth-order valence-electron chi connectivity index (χ4n) is 2.36. The lowest BCUT2D eigenvalue weighted by molar-refractivity contribution is 0.663. The quantitative estimate of drug-likeness (QED) is 0.848. The second-order valence-electron chi connectivity index (χ2n) is 4.65. The minimum Gasteiger partial charge on any atom is -0.370 e. The summed E-state index contributed by atoms with van der Waals surface area (Å²) in [4.78, 5) is 9.33. The van der Waals surface area contributed by atoms with Crippen LogP contribution in [-0.4, -0.2) is 16.5 Å². The van der Waals surface area contributed by atoms with Crippen molar-refractivity contribution >= 4 is 5.82 Å². The summed E-state index contributed by atoms with van der Waals surface area (Å²) in [6, 6.07) is 0. The predicted octanol–water partition coefficient (Wildman–Crippen LogP) is 3.18. The van der Waals surface area contributed by atoms with Crippen LogP contribution in [0.25, 0.3) is 0 Å². The molecular weight excluding hydrogens is 198 g/mol. The Balaban J connectivity index is 2.31. The topological polar surface area (TPSA) is 37.8 Å². The van der Waals surface area contributed by atoms with Crippen LogP contribution >= 0.6 is 0 Å². The zero-order valence-corrected chi connectivity index (χ0v) is 10.5. The van der Waals surface area contributed by atoms with Crippen molar-refractivity contribution in [3.8, 4) is 0 Å². The van der Waals surface area contributed by atoms with Gasteiger partial charge < -0.3 is 5.32 Å². The Morgan fingerprint density at radius 2 is 1.88 bits per heavy atom. The molecule has 16 heavy (non-hydrogen) atoms. The highest BCUT2D eigenvalue weighted by atomic mass is 15.0. The Hall–Kier alpha value is -1.12. The van der Waals surface area contributed by atoms with Crippen LogP contribution in [0.15, 0.2) is 0 Å². The Kier molecular flexibility index (Phi) is 3.42. The third-order valence-electron chi connectivity index (χ3n) is 3.47. The number of aromatic nitrogens is 2. The van der Waals surface area contributed by atoms with E-state index in [1.807, 2.05) is 0 Å². The molecule has 0 aliphatic heterocycles. The predicted molar refractivity (Wildman–Crippen MR) is 66.9 cm³/mol. The van der Waals surface area contributed by atoms with Gasteiger partial charge in [0.05, 0.1) is 0 Å². The highest BCUT2D eigenvalue weighted by Gasteiger charge is 2.21. The normalized spacial score (nSPS) is 16.7. The van der Waals surface area contributed by atoms with Crippen LogP contribution in [0.2, 0.25) is 0 Å². The minimum absolute atomic E-state index is 0.594. The van der Waals surface area contributed by atoms with Crippen molar-refractivity contribution in [2.75, 3.05) is 11.9 Å². The molecule has 1 fully saturated rings. The van der Waals surface area contributed by atoms with Gasteiger partial charge in [0.15, 0.2) is 0 Å². The van der Waals surface area contributed by atoms with Gasteiger partial charge in [0.2, 0.25) is 0 Å². The summed E-state index contributed by atoms with van der Waals surface area (Å²) in [5, 5.41) is 3.33. The summed E-state index contributed by atoms with van der Waals surface area (Å²) in [6.45, 7) is 7.19. The first-order chi connectivity index (χ1) is 7.72. The molecule has 0 radical (unpaired) electrons. The van der Waals surface area contributed by atoms with E-state index in [2.05, 4.69) is 36.1 Å². The van der Waals surface area contributed by atoms with Crippen molar-refractivity contribution < 1.29 is 0 Å². The summed E-state index contributed by atoms with van der Waals surface area (Å²) in [5.74, 6) is 2.67. The van der Waals surface area contributed by atoms with E-state index in [1.54, 1.807) is 0 Å². The SMILES string of the molecule is CCNc1nc(C2CCCC2)nc(C)c1C. The van der Waals surface area contributed by atoms with E-state index < -0.39 is 0 Å². The van der Waals surface area contributed by atoms with Crippen molar-refractivity contribution in [3.05, 3.63) is 17.1 Å². The Morgan fingerprint density at radius 3 is 2.50 bits per heavy atom. The van der Waals surface area contributed by atoms with Crippen LogP contribution < -0.4 is 5.32 Å². The first-order valence-electron chi connectivity index (χ1n) is 6.31. The van der Waals surface area contributed by atoms with E-state index in [-0.39, 0.29) is 0 Å². The second kappa shape index (κ2) is 4.81. The average molecular weight is 219 g/mol. The fraction of sp³-hybridized carbons (Fsp3) is 0.692. The van der Waals surface area contributed by atoms with Crippen LogP contribution in [0.4, 0.5) is 5.82 Å². The zero-order valence-electron chi connectivity index (χ0n) is 10.5. The molecule has 1 saturated carbocycles. The summed E-state index contributed by atoms with van der Waals surface area (Å²) in [5.41, 5.74) is 2.30. The van der Waals surface area contributed by atoms with Gasteiger partial charge in [0.25, 0.3) is 0 Å². The Morgan fingerprint density at radius 1 is 1.19 bits per heavy atom. The van der Waals surface area contributed by atoms with Gasteiger partial charge in [-0.25, -0.2) is 9.97 Å². The van der Waals surface area contributed by atoms with Gasteiger partial charge in [0, 0.05) is 23.7 Å². The number of nitrogens with one attached hydrogen (secondary N) is 1. The van der Waals surface area contributed by atoms with Gasteiger partial charge in [-0.1, -0.05) is 12.8 Å². The standard InChI is InChI=1S/C13H21N3/c1-4-14-12-9(2)10(3)15-13(16-12)11-7-5-6-8-11/h11H,4-8H2,1-3H3,(H,14,15,16). The maximum absolute atomic E-state index is 4.68. The van der Waals surface area contributed by atoms with Crippen LogP contribution in [0.1, 0.15) is 55.6 Å². The molecule has 3 nitrogen and oxygen atoms in total. The molecule has 0 bridgehead atoms. The lowest BCUT2D eigenvalue weighted by atomic mass is 10.1. The zero-order chi connectivity index (χ0) is 11.5. The molecule has 0 amide bonds. The molecule has 1 aliphatic rings. The molecule has 0 spiro atoms. The van der Waals surface area contributed by atoms with Gasteiger partial charge >= 0.3 is 0 Å². The van der Waals surface area contributed by atoms with Gasteiger partial charge in [-0.15, -0.1) is 0 Å². The van der Waals surface area contributed by atoms with Crippen molar-refractivity contribution in [3.63, 3.8) is 0 Å². The number of anilines is 1. The van der Waals surface area contributed by atoms with E-state index in [4.69, 9.17) is 0 Å². The minimum atomic E-state index is 0.594. The van der Waals surface area contributed by atoms with Crippen molar-refractivity contribution in [1.82, 2.24) is 9.97 Å². The van der Waals surface area contributed by atoms with E-state index in [0.29, 0.717) is 5.92 Å². The highest BCUT2D eigenvalue weighted by molar-refractivity contribution is 5.45. The molecule has 0 aromatic carbocycles. The molecule has 3 heteroatoms. The number of hydrogen-bond acceptors (Lipinski definition) is 3. The van der Waals surface area contributed by atoms with E-state index in [0.717, 1.165) is 23.9 Å². The first-order valence-corrected chi connectivity index (χ1v) is 6.31. The Labute approximate surface area is 97.7 Å². The third kappa shape index (κ3) is 2.18.